The zero-order valence-electron chi connectivity index (χ0n) is 9.01. The summed E-state index contributed by atoms with van der Waals surface area (Å²) in [4.78, 5) is 10.6. The first-order valence-corrected chi connectivity index (χ1v) is 4.87. The lowest BCUT2D eigenvalue weighted by Gasteiger charge is -2.14. The van der Waals surface area contributed by atoms with Gasteiger partial charge < -0.3 is 20.7 Å². The standard InChI is InChI=1S/C11H15NO4/c1-16-8-2-3-9(10(13)5-8)7(6-12)4-11(14)15/h2-3,5,7,13H,4,6,12H2,1H3,(H,14,15). The number of hydrogen-bond donors (Lipinski definition) is 3. The van der Waals surface area contributed by atoms with Crippen molar-refractivity contribution in [1.29, 1.82) is 0 Å². The summed E-state index contributed by atoms with van der Waals surface area (Å²) in [6.45, 7) is 0.173. The molecule has 0 spiro atoms. The van der Waals surface area contributed by atoms with E-state index in [1.807, 2.05) is 0 Å². The molecule has 1 unspecified atom stereocenters. The molecule has 0 aliphatic carbocycles. The predicted molar refractivity (Wildman–Crippen MR) is 58.7 cm³/mol. The minimum Gasteiger partial charge on any atom is -0.508 e. The van der Waals surface area contributed by atoms with Crippen molar-refractivity contribution >= 4 is 5.97 Å². The van der Waals surface area contributed by atoms with E-state index in [1.165, 1.54) is 13.2 Å². The van der Waals surface area contributed by atoms with Crippen LogP contribution in [0.4, 0.5) is 0 Å². The van der Waals surface area contributed by atoms with E-state index >= 15 is 0 Å². The van der Waals surface area contributed by atoms with Gasteiger partial charge in [0.05, 0.1) is 13.5 Å². The van der Waals surface area contributed by atoms with Crippen molar-refractivity contribution in [2.24, 2.45) is 5.73 Å². The Labute approximate surface area is 93.5 Å². The SMILES string of the molecule is COc1ccc(C(CN)CC(=O)O)c(O)c1. The number of phenolic OH excluding ortho intramolecular Hbond substituents is 1. The summed E-state index contributed by atoms with van der Waals surface area (Å²) in [7, 11) is 1.49. The first kappa shape index (κ1) is 12.3. The number of carbonyl (C=O) groups is 1. The summed E-state index contributed by atoms with van der Waals surface area (Å²) >= 11 is 0. The van der Waals surface area contributed by atoms with Crippen LogP contribution in [0.5, 0.6) is 11.5 Å². The Hall–Kier alpha value is -1.75. The summed E-state index contributed by atoms with van der Waals surface area (Å²) in [6.07, 6.45) is -0.101. The molecule has 0 bridgehead atoms. The highest BCUT2D eigenvalue weighted by Crippen LogP contribution is 2.30. The van der Waals surface area contributed by atoms with Crippen LogP contribution < -0.4 is 10.5 Å². The van der Waals surface area contributed by atoms with Crippen molar-refractivity contribution in [2.45, 2.75) is 12.3 Å². The van der Waals surface area contributed by atoms with Gasteiger partial charge in [0.1, 0.15) is 11.5 Å². The van der Waals surface area contributed by atoms with Gasteiger partial charge in [0.25, 0.3) is 0 Å². The van der Waals surface area contributed by atoms with Gasteiger partial charge in [-0.1, -0.05) is 6.07 Å². The number of ether oxygens (including phenoxy) is 1. The van der Waals surface area contributed by atoms with E-state index in [2.05, 4.69) is 0 Å². The molecule has 0 saturated carbocycles. The van der Waals surface area contributed by atoms with E-state index in [0.29, 0.717) is 11.3 Å². The lowest BCUT2D eigenvalue weighted by atomic mass is 9.95. The van der Waals surface area contributed by atoms with Gasteiger partial charge in [0.15, 0.2) is 0 Å². The van der Waals surface area contributed by atoms with Gasteiger partial charge in [-0.05, 0) is 18.2 Å². The number of methoxy groups -OCH3 is 1. The molecule has 4 N–H and O–H groups in total. The van der Waals surface area contributed by atoms with Crippen LogP contribution in [-0.2, 0) is 4.79 Å². The highest BCUT2D eigenvalue weighted by molar-refractivity contribution is 5.68. The number of carboxylic acids is 1. The summed E-state index contributed by atoms with van der Waals surface area (Å²) in [5.74, 6) is -0.794. The molecule has 1 aromatic carbocycles. The highest BCUT2D eigenvalue weighted by Gasteiger charge is 2.17. The predicted octanol–water partition coefficient (Wildman–Crippen LogP) is 0.918. The van der Waals surface area contributed by atoms with E-state index in [1.54, 1.807) is 12.1 Å². The molecule has 0 radical (unpaired) electrons. The maximum absolute atomic E-state index is 10.6. The molecule has 0 amide bonds. The van der Waals surface area contributed by atoms with Crippen molar-refractivity contribution in [3.63, 3.8) is 0 Å². The largest absolute Gasteiger partial charge is 0.508 e. The third-order valence-corrected chi connectivity index (χ3v) is 2.38. The number of carboxylic acid groups (broad SMARTS) is 1. The second-order valence-electron chi connectivity index (χ2n) is 3.46. The monoisotopic (exact) mass is 225 g/mol. The molecule has 0 heterocycles. The summed E-state index contributed by atoms with van der Waals surface area (Å²) in [5.41, 5.74) is 6.02. The second-order valence-corrected chi connectivity index (χ2v) is 3.46. The van der Waals surface area contributed by atoms with Gasteiger partial charge >= 0.3 is 5.97 Å². The second kappa shape index (κ2) is 5.37. The molecular weight excluding hydrogens is 210 g/mol. The van der Waals surface area contributed by atoms with Crippen LogP contribution in [0.3, 0.4) is 0 Å². The first-order valence-electron chi connectivity index (χ1n) is 4.87. The Morgan fingerprint density at radius 2 is 2.25 bits per heavy atom. The van der Waals surface area contributed by atoms with Crippen LogP contribution in [0, 0.1) is 0 Å². The topological polar surface area (TPSA) is 92.8 Å². The average molecular weight is 225 g/mol. The lowest BCUT2D eigenvalue weighted by Crippen LogP contribution is -2.16. The first-order chi connectivity index (χ1) is 7.58. The molecule has 0 fully saturated rings. The van der Waals surface area contributed by atoms with Crippen LogP contribution in [0.1, 0.15) is 17.9 Å². The van der Waals surface area contributed by atoms with Crippen LogP contribution >= 0.6 is 0 Å². The maximum Gasteiger partial charge on any atom is 0.304 e. The molecule has 1 rings (SSSR count). The number of aliphatic carboxylic acids is 1. The molecule has 88 valence electrons. The summed E-state index contributed by atoms with van der Waals surface area (Å²) < 4.78 is 4.94. The molecule has 5 heteroatoms. The van der Waals surface area contributed by atoms with Crippen LogP contribution in [0.15, 0.2) is 18.2 Å². The number of aromatic hydroxyl groups is 1. The van der Waals surface area contributed by atoms with Gasteiger partial charge in [-0.2, -0.15) is 0 Å². The number of nitrogens with two attached hydrogens (primary N) is 1. The third-order valence-electron chi connectivity index (χ3n) is 2.38. The molecule has 1 aromatic rings. The Balaban J connectivity index is 2.96. The molecule has 0 aliphatic rings. The van der Waals surface area contributed by atoms with E-state index < -0.39 is 5.97 Å². The van der Waals surface area contributed by atoms with Crippen molar-refractivity contribution in [1.82, 2.24) is 0 Å². The lowest BCUT2D eigenvalue weighted by molar-refractivity contribution is -0.137. The molecule has 0 saturated heterocycles. The van der Waals surface area contributed by atoms with Crippen LogP contribution in [0.2, 0.25) is 0 Å². The van der Waals surface area contributed by atoms with E-state index in [0.717, 1.165) is 0 Å². The van der Waals surface area contributed by atoms with Crippen molar-refractivity contribution in [3.05, 3.63) is 23.8 Å². The van der Waals surface area contributed by atoms with Crippen LogP contribution in [0.25, 0.3) is 0 Å². The molecule has 5 nitrogen and oxygen atoms in total. The fourth-order valence-electron chi connectivity index (χ4n) is 1.53. The zero-order valence-corrected chi connectivity index (χ0v) is 9.01. The minimum absolute atomic E-state index is 0.0102. The smallest absolute Gasteiger partial charge is 0.304 e. The van der Waals surface area contributed by atoms with Crippen LogP contribution in [-0.4, -0.2) is 29.8 Å². The fraction of sp³-hybridized carbons (Fsp3) is 0.364. The summed E-state index contributed by atoms with van der Waals surface area (Å²) in [6, 6.07) is 4.74. The fourth-order valence-corrected chi connectivity index (χ4v) is 1.53. The molecule has 16 heavy (non-hydrogen) atoms. The van der Waals surface area contributed by atoms with Gasteiger partial charge in [-0.3, -0.25) is 4.79 Å². The Kier molecular flexibility index (Phi) is 4.13. The van der Waals surface area contributed by atoms with E-state index in [-0.39, 0.29) is 24.6 Å². The minimum atomic E-state index is -0.939. The normalized spacial score (nSPS) is 12.1. The van der Waals surface area contributed by atoms with Crippen molar-refractivity contribution in [3.8, 4) is 11.5 Å². The Bertz CT molecular complexity index is 378. The zero-order chi connectivity index (χ0) is 12.1. The van der Waals surface area contributed by atoms with E-state index in [9.17, 15) is 9.90 Å². The Morgan fingerprint density at radius 3 is 2.69 bits per heavy atom. The van der Waals surface area contributed by atoms with Gasteiger partial charge in [0, 0.05) is 12.0 Å². The number of benzene rings is 1. The number of hydrogen-bond acceptors (Lipinski definition) is 4. The molecule has 0 aromatic heterocycles. The number of phenols is 1. The van der Waals surface area contributed by atoms with E-state index in [4.69, 9.17) is 15.6 Å². The van der Waals surface area contributed by atoms with Crippen molar-refractivity contribution in [2.75, 3.05) is 13.7 Å². The molecule has 1 atom stereocenters. The highest BCUT2D eigenvalue weighted by atomic mass is 16.5. The van der Waals surface area contributed by atoms with Gasteiger partial charge in [-0.25, -0.2) is 0 Å². The Morgan fingerprint density at radius 1 is 1.56 bits per heavy atom. The quantitative estimate of drug-likeness (QED) is 0.692. The number of rotatable bonds is 5. The van der Waals surface area contributed by atoms with Gasteiger partial charge in [0.2, 0.25) is 0 Å². The average Bonchev–Trinajstić information content (AvgIpc) is 2.25. The third kappa shape index (κ3) is 2.87. The van der Waals surface area contributed by atoms with Gasteiger partial charge in [-0.15, -0.1) is 0 Å². The molecule has 0 aliphatic heterocycles. The maximum atomic E-state index is 10.6. The summed E-state index contributed by atoms with van der Waals surface area (Å²) in [5, 5.41) is 18.4. The van der Waals surface area contributed by atoms with Crippen molar-refractivity contribution < 1.29 is 19.7 Å². The molecular formula is C11H15NO4.